The third-order valence-electron chi connectivity index (χ3n) is 4.48. The standard InChI is InChI=1S/C14H16N2O2/c17-12-10(3-4-11(15-12)9-1-2-9)13(18)16-7-14(8-16)5-6-14/h3-4,9H,1-2,5-8H2,(H,15,17). The Bertz CT molecular complexity index is 574. The van der Waals surface area contributed by atoms with E-state index in [1.54, 1.807) is 11.0 Å². The van der Waals surface area contributed by atoms with Gasteiger partial charge in [0.25, 0.3) is 11.5 Å². The van der Waals surface area contributed by atoms with E-state index >= 15 is 0 Å². The van der Waals surface area contributed by atoms with E-state index < -0.39 is 0 Å². The molecule has 1 aliphatic heterocycles. The van der Waals surface area contributed by atoms with Crippen LogP contribution in [0.15, 0.2) is 16.9 Å². The zero-order valence-corrected chi connectivity index (χ0v) is 10.2. The molecular formula is C14H16N2O2. The van der Waals surface area contributed by atoms with Gasteiger partial charge in [0.05, 0.1) is 0 Å². The molecule has 0 radical (unpaired) electrons. The van der Waals surface area contributed by atoms with E-state index in [1.807, 2.05) is 6.07 Å². The summed E-state index contributed by atoms with van der Waals surface area (Å²) >= 11 is 0. The van der Waals surface area contributed by atoms with Crippen LogP contribution in [0.2, 0.25) is 0 Å². The first kappa shape index (κ1) is 10.4. The lowest BCUT2D eigenvalue weighted by Gasteiger charge is -2.39. The van der Waals surface area contributed by atoms with E-state index in [4.69, 9.17) is 0 Å². The lowest BCUT2D eigenvalue weighted by Crippen LogP contribution is -2.52. The molecule has 2 heterocycles. The smallest absolute Gasteiger partial charge is 0.261 e. The van der Waals surface area contributed by atoms with Gasteiger partial charge >= 0.3 is 0 Å². The maximum Gasteiger partial charge on any atom is 0.261 e. The fourth-order valence-corrected chi connectivity index (χ4v) is 2.86. The van der Waals surface area contributed by atoms with Gasteiger partial charge in [-0.1, -0.05) is 0 Å². The Labute approximate surface area is 105 Å². The van der Waals surface area contributed by atoms with Crippen molar-refractivity contribution in [3.05, 3.63) is 33.7 Å². The number of aromatic amines is 1. The molecule has 4 heteroatoms. The fourth-order valence-electron chi connectivity index (χ4n) is 2.86. The molecule has 18 heavy (non-hydrogen) atoms. The average molecular weight is 244 g/mol. The van der Waals surface area contributed by atoms with Crippen molar-refractivity contribution >= 4 is 5.91 Å². The van der Waals surface area contributed by atoms with Gasteiger partial charge in [-0.15, -0.1) is 0 Å². The van der Waals surface area contributed by atoms with Crippen molar-refractivity contribution in [1.29, 1.82) is 0 Å². The molecule has 1 N–H and O–H groups in total. The van der Waals surface area contributed by atoms with Crippen LogP contribution in [0.3, 0.4) is 0 Å². The maximum atomic E-state index is 12.2. The number of hydrogen-bond acceptors (Lipinski definition) is 2. The van der Waals surface area contributed by atoms with Gasteiger partial charge in [0, 0.05) is 24.2 Å². The van der Waals surface area contributed by atoms with E-state index in [1.165, 1.54) is 12.8 Å². The molecule has 3 aliphatic rings. The molecule has 2 saturated carbocycles. The van der Waals surface area contributed by atoms with Crippen LogP contribution in [0.25, 0.3) is 0 Å². The zero-order chi connectivity index (χ0) is 12.3. The highest BCUT2D eigenvalue weighted by atomic mass is 16.2. The topological polar surface area (TPSA) is 53.2 Å². The number of hydrogen-bond donors (Lipinski definition) is 1. The molecule has 4 nitrogen and oxygen atoms in total. The molecule has 1 spiro atoms. The number of nitrogens with one attached hydrogen (secondary N) is 1. The van der Waals surface area contributed by atoms with Crippen LogP contribution in [-0.4, -0.2) is 28.9 Å². The Morgan fingerprint density at radius 2 is 2.00 bits per heavy atom. The van der Waals surface area contributed by atoms with Crippen LogP contribution >= 0.6 is 0 Å². The minimum atomic E-state index is -0.221. The SMILES string of the molecule is O=C(c1ccc(C2CC2)[nH]c1=O)N1CC2(CC2)C1. The summed E-state index contributed by atoms with van der Waals surface area (Å²) in [4.78, 5) is 28.8. The Morgan fingerprint density at radius 3 is 2.56 bits per heavy atom. The van der Waals surface area contributed by atoms with Gasteiger partial charge in [0.1, 0.15) is 5.56 Å². The van der Waals surface area contributed by atoms with Crippen molar-refractivity contribution in [2.45, 2.75) is 31.6 Å². The highest BCUT2D eigenvalue weighted by Crippen LogP contribution is 2.53. The molecule has 0 unspecified atom stereocenters. The lowest BCUT2D eigenvalue weighted by molar-refractivity contribution is 0.0441. The first-order valence-electron chi connectivity index (χ1n) is 6.69. The molecule has 3 fully saturated rings. The number of carbonyl (C=O) groups excluding carboxylic acids is 1. The quantitative estimate of drug-likeness (QED) is 0.857. The highest BCUT2D eigenvalue weighted by Gasteiger charge is 2.53. The molecule has 2 aliphatic carbocycles. The second-order valence-corrected chi connectivity index (χ2v) is 6.09. The van der Waals surface area contributed by atoms with Gasteiger partial charge in [0.2, 0.25) is 0 Å². The number of likely N-dealkylation sites (tertiary alicyclic amines) is 1. The number of H-pyrrole nitrogens is 1. The van der Waals surface area contributed by atoms with Crippen LogP contribution in [0.1, 0.15) is 47.7 Å². The van der Waals surface area contributed by atoms with Crippen LogP contribution in [0, 0.1) is 5.41 Å². The average Bonchev–Trinajstić information content (AvgIpc) is 3.16. The number of amides is 1. The summed E-state index contributed by atoms with van der Waals surface area (Å²) in [6.07, 6.45) is 4.79. The lowest BCUT2D eigenvalue weighted by atomic mass is 9.96. The second kappa shape index (κ2) is 3.25. The van der Waals surface area contributed by atoms with Crippen LogP contribution in [-0.2, 0) is 0 Å². The monoisotopic (exact) mass is 244 g/mol. The van der Waals surface area contributed by atoms with Crippen LogP contribution in [0.5, 0.6) is 0 Å². The van der Waals surface area contributed by atoms with Crippen LogP contribution < -0.4 is 5.56 Å². The molecule has 0 atom stereocenters. The van der Waals surface area contributed by atoms with Gasteiger partial charge in [0.15, 0.2) is 0 Å². The fraction of sp³-hybridized carbons (Fsp3) is 0.571. The van der Waals surface area contributed by atoms with Crippen molar-refractivity contribution in [2.75, 3.05) is 13.1 Å². The molecule has 1 saturated heterocycles. The summed E-state index contributed by atoms with van der Waals surface area (Å²) < 4.78 is 0. The highest BCUT2D eigenvalue weighted by molar-refractivity contribution is 5.94. The molecule has 94 valence electrons. The van der Waals surface area contributed by atoms with Crippen molar-refractivity contribution < 1.29 is 4.79 Å². The number of pyridine rings is 1. The van der Waals surface area contributed by atoms with Crippen molar-refractivity contribution in [3.63, 3.8) is 0 Å². The summed E-state index contributed by atoms with van der Waals surface area (Å²) in [5, 5.41) is 0. The van der Waals surface area contributed by atoms with Gasteiger partial charge in [-0.2, -0.15) is 0 Å². The zero-order valence-electron chi connectivity index (χ0n) is 10.2. The Morgan fingerprint density at radius 1 is 1.28 bits per heavy atom. The van der Waals surface area contributed by atoms with E-state index in [0.717, 1.165) is 31.6 Å². The molecular weight excluding hydrogens is 228 g/mol. The van der Waals surface area contributed by atoms with Crippen molar-refractivity contribution in [3.8, 4) is 0 Å². The minimum Gasteiger partial charge on any atom is -0.337 e. The summed E-state index contributed by atoms with van der Waals surface area (Å²) in [6.45, 7) is 1.69. The molecule has 1 aromatic heterocycles. The summed E-state index contributed by atoms with van der Waals surface area (Å²) in [6, 6.07) is 3.60. The molecule has 4 rings (SSSR count). The third kappa shape index (κ3) is 1.51. The van der Waals surface area contributed by atoms with Crippen molar-refractivity contribution in [1.82, 2.24) is 9.88 Å². The number of rotatable bonds is 2. The van der Waals surface area contributed by atoms with E-state index in [2.05, 4.69) is 4.98 Å². The number of carbonyl (C=O) groups is 1. The normalized spacial score (nSPS) is 23.9. The van der Waals surface area contributed by atoms with E-state index in [0.29, 0.717) is 16.9 Å². The molecule has 1 amide bonds. The van der Waals surface area contributed by atoms with E-state index in [-0.39, 0.29) is 11.5 Å². The maximum absolute atomic E-state index is 12.2. The van der Waals surface area contributed by atoms with Crippen molar-refractivity contribution in [2.24, 2.45) is 5.41 Å². The molecule has 0 aromatic carbocycles. The van der Waals surface area contributed by atoms with Crippen LogP contribution in [0.4, 0.5) is 0 Å². The number of aromatic nitrogens is 1. The third-order valence-corrected chi connectivity index (χ3v) is 4.48. The Hall–Kier alpha value is -1.58. The molecule has 0 bridgehead atoms. The summed E-state index contributed by atoms with van der Waals surface area (Å²) in [5.41, 5.74) is 1.51. The predicted molar refractivity (Wildman–Crippen MR) is 66.6 cm³/mol. The summed E-state index contributed by atoms with van der Waals surface area (Å²) in [7, 11) is 0. The minimum absolute atomic E-state index is 0.101. The largest absolute Gasteiger partial charge is 0.337 e. The predicted octanol–water partition coefficient (Wildman–Crippen LogP) is 1.49. The molecule has 1 aromatic rings. The second-order valence-electron chi connectivity index (χ2n) is 6.09. The first-order valence-corrected chi connectivity index (χ1v) is 6.69. The Kier molecular flexibility index (Phi) is 1.87. The van der Waals surface area contributed by atoms with Gasteiger partial charge in [-0.05, 0) is 43.7 Å². The summed E-state index contributed by atoms with van der Waals surface area (Å²) in [5.74, 6) is 0.414. The van der Waals surface area contributed by atoms with Gasteiger partial charge in [-0.3, -0.25) is 9.59 Å². The first-order chi connectivity index (χ1) is 8.67. The number of nitrogens with zero attached hydrogens (tertiary/aromatic N) is 1. The van der Waals surface area contributed by atoms with Gasteiger partial charge < -0.3 is 9.88 Å². The van der Waals surface area contributed by atoms with E-state index in [9.17, 15) is 9.59 Å². The van der Waals surface area contributed by atoms with Gasteiger partial charge in [-0.25, -0.2) is 0 Å². The Balaban J connectivity index is 1.56.